The molecule has 160 valence electrons. The number of carbonyl (C=O) groups is 2. The zero-order valence-electron chi connectivity index (χ0n) is 17.1. The monoisotopic (exact) mass is 422 g/mol. The number of carbonyl (C=O) groups excluding carboxylic acids is 1. The Balaban J connectivity index is 0.000000416. The molecule has 0 bridgehead atoms. The Hall–Kier alpha value is -0.480. The molecule has 2 fully saturated rings. The number of hydrogen-bond donors (Lipinski definition) is 4. The van der Waals surface area contributed by atoms with Gasteiger partial charge in [-0.05, 0) is 11.8 Å². The van der Waals surface area contributed by atoms with Crippen LogP contribution >= 0.6 is 23.5 Å². The van der Waals surface area contributed by atoms with Crippen molar-refractivity contribution >= 4 is 35.4 Å². The van der Waals surface area contributed by atoms with Crippen LogP contribution in [-0.2, 0) is 9.59 Å². The summed E-state index contributed by atoms with van der Waals surface area (Å²) in [6, 6.07) is -1.00. The van der Waals surface area contributed by atoms with E-state index in [0.717, 1.165) is 31.0 Å². The van der Waals surface area contributed by atoms with Gasteiger partial charge in [0.15, 0.2) is 0 Å². The van der Waals surface area contributed by atoms with Gasteiger partial charge >= 0.3 is 5.97 Å². The highest BCUT2D eigenvalue weighted by Crippen LogP contribution is 2.16. The van der Waals surface area contributed by atoms with Crippen molar-refractivity contribution in [3.05, 3.63) is 0 Å². The van der Waals surface area contributed by atoms with E-state index < -0.39 is 12.0 Å². The first kappa shape index (κ1) is 26.5. The van der Waals surface area contributed by atoms with Gasteiger partial charge in [0.1, 0.15) is 6.04 Å². The lowest BCUT2D eigenvalue weighted by Gasteiger charge is -2.23. The van der Waals surface area contributed by atoms with Crippen LogP contribution < -0.4 is 16.8 Å². The normalized spacial score (nSPS) is 20.4. The zero-order chi connectivity index (χ0) is 20.8. The molecular weight excluding hydrogens is 384 g/mol. The molecule has 2 aliphatic rings. The molecule has 0 spiro atoms. The van der Waals surface area contributed by atoms with E-state index in [2.05, 4.69) is 12.2 Å². The lowest BCUT2D eigenvalue weighted by molar-refractivity contribution is -0.139. The Kier molecular flexibility index (Phi) is 15.2. The summed E-state index contributed by atoms with van der Waals surface area (Å²) in [5.41, 5.74) is 11.1. The quantitative estimate of drug-likeness (QED) is 0.509. The van der Waals surface area contributed by atoms with Crippen LogP contribution in [0.2, 0.25) is 0 Å². The summed E-state index contributed by atoms with van der Waals surface area (Å²) in [4.78, 5) is 23.8. The van der Waals surface area contributed by atoms with Crippen molar-refractivity contribution in [1.82, 2.24) is 10.2 Å². The topological polar surface area (TPSA) is 122 Å². The van der Waals surface area contributed by atoms with Gasteiger partial charge in [0.25, 0.3) is 0 Å². The predicted molar refractivity (Wildman–Crippen MR) is 117 cm³/mol. The summed E-state index contributed by atoms with van der Waals surface area (Å²) in [7, 11) is 0. The molecule has 2 rings (SSSR count). The van der Waals surface area contributed by atoms with Crippen LogP contribution in [0.25, 0.3) is 0 Å². The van der Waals surface area contributed by atoms with Crippen molar-refractivity contribution in [3.8, 4) is 0 Å². The molecular formula is C18H38N4O3S2. The van der Waals surface area contributed by atoms with E-state index in [0.29, 0.717) is 0 Å². The third-order valence-corrected chi connectivity index (χ3v) is 6.64. The molecule has 9 heteroatoms. The van der Waals surface area contributed by atoms with Gasteiger partial charge in [-0.3, -0.25) is 9.59 Å². The van der Waals surface area contributed by atoms with E-state index in [1.807, 2.05) is 37.4 Å². The molecule has 0 aromatic heterocycles. The standard InChI is InChI=1S/C9H18N2OS.C6H13NO2.C3H7NS/c1-3-7(2)8(10)9(12)11-4-5-13-6-11;1-3-4(2)5(7)6(8)9;1-2-5-3-4-1/h7-8H,3-6,10H2,1-2H3;4-5H,3,7H2,1-2H3,(H,8,9);4H,1-3H2/t7-,8-;4-,5-;/m00./s1. The fraction of sp³-hybridized carbons (Fsp3) is 0.889. The minimum Gasteiger partial charge on any atom is -0.480 e. The summed E-state index contributed by atoms with van der Waals surface area (Å²) in [5.74, 6) is 3.92. The number of carboxylic acids is 1. The minimum atomic E-state index is -0.913. The molecule has 0 aromatic rings. The van der Waals surface area contributed by atoms with E-state index in [9.17, 15) is 9.59 Å². The number of carboxylic acid groups (broad SMARTS) is 1. The van der Waals surface area contributed by atoms with Crippen molar-refractivity contribution in [2.24, 2.45) is 23.3 Å². The van der Waals surface area contributed by atoms with Crippen LogP contribution in [0.15, 0.2) is 0 Å². The second-order valence-corrected chi connectivity index (χ2v) is 9.03. The number of amides is 1. The number of rotatable bonds is 6. The highest BCUT2D eigenvalue weighted by Gasteiger charge is 2.26. The molecule has 1 amide bonds. The molecule has 7 nitrogen and oxygen atoms in total. The Labute approximate surface area is 172 Å². The van der Waals surface area contributed by atoms with Crippen molar-refractivity contribution in [2.45, 2.75) is 52.6 Å². The lowest BCUT2D eigenvalue weighted by Crippen LogP contribution is -2.45. The molecule has 0 aromatic carbocycles. The molecule has 0 radical (unpaired) electrons. The highest BCUT2D eigenvalue weighted by molar-refractivity contribution is 7.99. The largest absolute Gasteiger partial charge is 0.480 e. The predicted octanol–water partition coefficient (Wildman–Crippen LogP) is 1.62. The van der Waals surface area contributed by atoms with Crippen LogP contribution in [-0.4, -0.2) is 70.3 Å². The molecule has 6 N–H and O–H groups in total. The van der Waals surface area contributed by atoms with Gasteiger partial charge in [0.05, 0.1) is 11.9 Å². The van der Waals surface area contributed by atoms with Gasteiger partial charge in [0, 0.05) is 30.5 Å². The molecule has 0 saturated carbocycles. The maximum atomic E-state index is 11.7. The fourth-order valence-electron chi connectivity index (χ4n) is 2.15. The van der Waals surface area contributed by atoms with Gasteiger partial charge in [-0.2, -0.15) is 0 Å². The molecule has 0 aliphatic carbocycles. The van der Waals surface area contributed by atoms with Gasteiger partial charge in [0.2, 0.25) is 5.91 Å². The van der Waals surface area contributed by atoms with Gasteiger partial charge < -0.3 is 26.8 Å². The van der Waals surface area contributed by atoms with Crippen LogP contribution in [0.4, 0.5) is 0 Å². The summed E-state index contributed by atoms with van der Waals surface area (Å²) in [6.07, 6.45) is 1.78. The number of hydrogen-bond acceptors (Lipinski definition) is 7. The smallest absolute Gasteiger partial charge is 0.320 e. The first-order valence-electron chi connectivity index (χ1n) is 9.65. The highest BCUT2D eigenvalue weighted by atomic mass is 32.2. The van der Waals surface area contributed by atoms with E-state index in [1.54, 1.807) is 11.8 Å². The summed E-state index contributed by atoms with van der Waals surface area (Å²) < 4.78 is 0. The maximum absolute atomic E-state index is 11.7. The van der Waals surface area contributed by atoms with Crippen LogP contribution in [0.5, 0.6) is 0 Å². The van der Waals surface area contributed by atoms with Crippen molar-refractivity contribution in [2.75, 3.05) is 36.3 Å². The first-order valence-corrected chi connectivity index (χ1v) is 12.0. The van der Waals surface area contributed by atoms with Crippen molar-refractivity contribution < 1.29 is 14.7 Å². The van der Waals surface area contributed by atoms with Gasteiger partial charge in [-0.25, -0.2) is 0 Å². The van der Waals surface area contributed by atoms with Crippen LogP contribution in [0.1, 0.15) is 40.5 Å². The number of aliphatic carboxylic acids is 1. The number of nitrogens with one attached hydrogen (secondary N) is 1. The minimum absolute atomic E-state index is 0.0718. The fourth-order valence-corrected chi connectivity index (χ4v) is 3.83. The molecule has 2 saturated heterocycles. The zero-order valence-corrected chi connectivity index (χ0v) is 18.8. The average molecular weight is 423 g/mol. The maximum Gasteiger partial charge on any atom is 0.320 e. The van der Waals surface area contributed by atoms with Crippen molar-refractivity contribution in [1.29, 1.82) is 0 Å². The van der Waals surface area contributed by atoms with Crippen LogP contribution in [0, 0.1) is 11.8 Å². The number of nitrogens with two attached hydrogens (primary N) is 2. The van der Waals surface area contributed by atoms with Crippen LogP contribution in [0.3, 0.4) is 0 Å². The summed E-state index contributed by atoms with van der Waals surface area (Å²) in [6.45, 7) is 9.94. The lowest BCUT2D eigenvalue weighted by atomic mass is 9.99. The van der Waals surface area contributed by atoms with E-state index in [4.69, 9.17) is 16.6 Å². The molecule has 27 heavy (non-hydrogen) atoms. The Morgan fingerprint density at radius 3 is 1.96 bits per heavy atom. The number of nitrogens with zero attached hydrogens (tertiary/aromatic N) is 1. The number of thioether (sulfide) groups is 2. The molecule has 4 atom stereocenters. The molecule has 2 heterocycles. The Morgan fingerprint density at radius 2 is 1.67 bits per heavy atom. The van der Waals surface area contributed by atoms with Crippen molar-refractivity contribution in [3.63, 3.8) is 0 Å². The third kappa shape index (κ3) is 11.2. The first-order chi connectivity index (χ1) is 12.8. The Morgan fingerprint density at radius 1 is 1.07 bits per heavy atom. The SMILES string of the molecule is C1CSCN1.CC[C@H](C)[C@H](N)C(=O)N1CCSC1.CC[C@H](C)[C@H](N)C(=O)O. The van der Waals surface area contributed by atoms with Gasteiger partial charge in [-0.1, -0.05) is 40.5 Å². The molecule has 0 unspecified atom stereocenters. The van der Waals surface area contributed by atoms with E-state index in [1.165, 1.54) is 18.2 Å². The second kappa shape index (κ2) is 15.4. The van der Waals surface area contributed by atoms with E-state index >= 15 is 0 Å². The summed E-state index contributed by atoms with van der Waals surface area (Å²) in [5, 5.41) is 11.5. The molecule has 2 aliphatic heterocycles. The Bertz CT molecular complexity index is 412. The van der Waals surface area contributed by atoms with E-state index in [-0.39, 0.29) is 23.8 Å². The second-order valence-electron chi connectivity index (χ2n) is 6.85. The third-order valence-electron chi connectivity index (χ3n) is 4.78. The average Bonchev–Trinajstić information content (AvgIpc) is 3.41. The van der Waals surface area contributed by atoms with Gasteiger partial charge in [-0.15, -0.1) is 23.5 Å². The summed E-state index contributed by atoms with van der Waals surface area (Å²) >= 11 is 3.76.